The van der Waals surface area contributed by atoms with E-state index < -0.39 is 10.9 Å². The van der Waals surface area contributed by atoms with E-state index in [1.165, 1.54) is 6.07 Å². The van der Waals surface area contributed by atoms with Crippen LogP contribution in [0.2, 0.25) is 0 Å². The van der Waals surface area contributed by atoms with Gasteiger partial charge in [0.15, 0.2) is 6.61 Å². The van der Waals surface area contributed by atoms with Gasteiger partial charge in [0.1, 0.15) is 0 Å². The Hall–Kier alpha value is -1.63. The monoisotopic (exact) mass is 317 g/mol. The zero-order valence-electron chi connectivity index (χ0n) is 9.94. The van der Waals surface area contributed by atoms with Crippen molar-refractivity contribution in [1.82, 2.24) is 0 Å². The molecule has 18 heavy (non-hydrogen) atoms. The number of esters is 1. The maximum atomic E-state index is 11.1. The smallest absolute Gasteiger partial charge is 0.344 e. The summed E-state index contributed by atoms with van der Waals surface area (Å²) in [7, 11) is 0. The van der Waals surface area contributed by atoms with E-state index in [-0.39, 0.29) is 24.7 Å². The zero-order chi connectivity index (χ0) is 13.7. The second-order valence-electron chi connectivity index (χ2n) is 3.42. The molecule has 7 heteroatoms. The van der Waals surface area contributed by atoms with Gasteiger partial charge in [-0.05, 0) is 25.5 Å². The molecule has 1 aromatic rings. The van der Waals surface area contributed by atoms with Crippen molar-refractivity contribution in [3.05, 3.63) is 32.3 Å². The van der Waals surface area contributed by atoms with Gasteiger partial charge in [0.05, 0.1) is 11.5 Å². The van der Waals surface area contributed by atoms with Crippen molar-refractivity contribution >= 4 is 27.6 Å². The van der Waals surface area contributed by atoms with Crippen LogP contribution in [0.4, 0.5) is 5.69 Å². The van der Waals surface area contributed by atoms with Crippen LogP contribution in [0.5, 0.6) is 5.75 Å². The van der Waals surface area contributed by atoms with E-state index >= 15 is 0 Å². The van der Waals surface area contributed by atoms with Gasteiger partial charge in [-0.3, -0.25) is 10.1 Å². The molecule has 0 unspecified atom stereocenters. The molecule has 0 N–H and O–H groups in total. The Balaban J connectivity index is 2.93. The number of carbonyl (C=O) groups is 1. The number of nitro benzene ring substituents is 1. The van der Waals surface area contributed by atoms with Crippen LogP contribution < -0.4 is 4.74 Å². The lowest BCUT2D eigenvalue weighted by atomic mass is 10.2. The molecule has 0 aliphatic carbocycles. The van der Waals surface area contributed by atoms with Gasteiger partial charge in [0.25, 0.3) is 0 Å². The number of hydrogen-bond acceptors (Lipinski definition) is 5. The maximum absolute atomic E-state index is 11.1. The van der Waals surface area contributed by atoms with E-state index in [0.29, 0.717) is 10.0 Å². The number of hydrogen-bond donors (Lipinski definition) is 0. The van der Waals surface area contributed by atoms with Crippen molar-refractivity contribution < 1.29 is 19.2 Å². The molecule has 0 saturated heterocycles. The Morgan fingerprint density at radius 3 is 2.72 bits per heavy atom. The third kappa shape index (κ3) is 3.69. The van der Waals surface area contributed by atoms with E-state index in [9.17, 15) is 14.9 Å². The minimum atomic E-state index is -0.561. The third-order valence-corrected chi connectivity index (χ3v) is 2.51. The van der Waals surface area contributed by atoms with Crippen LogP contribution in [-0.4, -0.2) is 24.1 Å². The summed E-state index contributed by atoms with van der Waals surface area (Å²) in [5, 5.41) is 10.9. The fourth-order valence-corrected chi connectivity index (χ4v) is 1.93. The zero-order valence-corrected chi connectivity index (χ0v) is 11.5. The Labute approximate surface area is 112 Å². The van der Waals surface area contributed by atoms with E-state index in [1.54, 1.807) is 19.9 Å². The molecule has 0 radical (unpaired) electrons. The Morgan fingerprint density at radius 1 is 1.50 bits per heavy atom. The molecule has 1 aromatic carbocycles. The number of rotatable bonds is 5. The minimum Gasteiger partial charge on any atom is -0.475 e. The normalized spacial score (nSPS) is 9.94. The molecular formula is C11H12BrNO5. The average molecular weight is 318 g/mol. The summed E-state index contributed by atoms with van der Waals surface area (Å²) in [6, 6.07) is 3.00. The minimum absolute atomic E-state index is 0.0799. The van der Waals surface area contributed by atoms with Gasteiger partial charge in [0.2, 0.25) is 5.75 Å². The molecule has 0 spiro atoms. The molecule has 0 aliphatic heterocycles. The second-order valence-corrected chi connectivity index (χ2v) is 4.34. The lowest BCUT2D eigenvalue weighted by molar-refractivity contribution is -0.385. The Bertz CT molecular complexity index is 475. The number of aryl methyl sites for hydroxylation is 1. The van der Waals surface area contributed by atoms with Gasteiger partial charge < -0.3 is 9.47 Å². The average Bonchev–Trinajstić information content (AvgIpc) is 2.27. The highest BCUT2D eigenvalue weighted by Crippen LogP contribution is 2.34. The standard InChI is InChI=1S/C11H12BrNO5/c1-3-17-10(14)6-18-11-7(2)4-8(12)5-9(11)13(15)16/h4-5H,3,6H2,1-2H3. The second kappa shape index (κ2) is 6.34. The van der Waals surface area contributed by atoms with E-state index in [4.69, 9.17) is 4.74 Å². The van der Waals surface area contributed by atoms with Crippen molar-refractivity contribution in [2.24, 2.45) is 0 Å². The molecule has 0 saturated carbocycles. The molecule has 0 bridgehead atoms. The topological polar surface area (TPSA) is 78.7 Å². The molecule has 0 aromatic heterocycles. The largest absolute Gasteiger partial charge is 0.475 e. The van der Waals surface area contributed by atoms with Gasteiger partial charge in [-0.2, -0.15) is 0 Å². The van der Waals surface area contributed by atoms with E-state index in [1.807, 2.05) is 0 Å². The number of benzene rings is 1. The highest BCUT2D eigenvalue weighted by molar-refractivity contribution is 9.10. The van der Waals surface area contributed by atoms with Crippen molar-refractivity contribution in [1.29, 1.82) is 0 Å². The lowest BCUT2D eigenvalue weighted by Crippen LogP contribution is -2.15. The van der Waals surface area contributed by atoms with E-state index in [2.05, 4.69) is 20.7 Å². The summed E-state index contributed by atoms with van der Waals surface area (Å²) in [6.07, 6.45) is 0. The summed E-state index contributed by atoms with van der Waals surface area (Å²) in [4.78, 5) is 21.5. The quantitative estimate of drug-likeness (QED) is 0.474. The molecule has 0 heterocycles. The van der Waals surface area contributed by atoms with Crippen molar-refractivity contribution in [2.75, 3.05) is 13.2 Å². The molecular weight excluding hydrogens is 306 g/mol. The number of nitrogens with zero attached hydrogens (tertiary/aromatic N) is 1. The highest BCUT2D eigenvalue weighted by Gasteiger charge is 2.20. The van der Waals surface area contributed by atoms with E-state index in [0.717, 1.165) is 0 Å². The molecule has 0 aliphatic rings. The van der Waals surface area contributed by atoms with Crippen LogP contribution in [-0.2, 0) is 9.53 Å². The summed E-state index contributed by atoms with van der Waals surface area (Å²) >= 11 is 3.17. The van der Waals surface area contributed by atoms with Gasteiger partial charge in [-0.25, -0.2) is 4.79 Å². The van der Waals surface area contributed by atoms with Crippen molar-refractivity contribution in [3.63, 3.8) is 0 Å². The first-order valence-electron chi connectivity index (χ1n) is 5.18. The van der Waals surface area contributed by atoms with Crippen LogP contribution in [0, 0.1) is 17.0 Å². The van der Waals surface area contributed by atoms with Crippen LogP contribution in [0.15, 0.2) is 16.6 Å². The van der Waals surface area contributed by atoms with Gasteiger partial charge >= 0.3 is 11.7 Å². The van der Waals surface area contributed by atoms with Gasteiger partial charge in [0, 0.05) is 10.5 Å². The predicted octanol–water partition coefficient (Wildman–Crippen LogP) is 2.61. The van der Waals surface area contributed by atoms with Crippen molar-refractivity contribution in [3.8, 4) is 5.75 Å². The third-order valence-electron chi connectivity index (χ3n) is 2.06. The maximum Gasteiger partial charge on any atom is 0.344 e. The summed E-state index contributed by atoms with van der Waals surface area (Å²) < 4.78 is 10.4. The Morgan fingerprint density at radius 2 is 2.17 bits per heavy atom. The predicted molar refractivity (Wildman–Crippen MR) is 67.7 cm³/mol. The fraction of sp³-hybridized carbons (Fsp3) is 0.364. The van der Waals surface area contributed by atoms with Gasteiger partial charge in [-0.1, -0.05) is 15.9 Å². The molecule has 98 valence electrons. The van der Waals surface area contributed by atoms with Crippen LogP contribution in [0.25, 0.3) is 0 Å². The molecule has 0 fully saturated rings. The Kier molecular flexibility index (Phi) is 5.08. The van der Waals surface area contributed by atoms with Crippen molar-refractivity contribution in [2.45, 2.75) is 13.8 Å². The first-order chi connectivity index (χ1) is 8.45. The number of ether oxygens (including phenoxy) is 2. The SMILES string of the molecule is CCOC(=O)COc1c(C)cc(Br)cc1[N+](=O)[O-]. The summed E-state index contributed by atoms with van der Waals surface area (Å²) in [6.45, 7) is 3.23. The van der Waals surface area contributed by atoms with Crippen LogP contribution in [0.3, 0.4) is 0 Å². The molecule has 0 amide bonds. The van der Waals surface area contributed by atoms with Crippen LogP contribution >= 0.6 is 15.9 Å². The fourth-order valence-electron chi connectivity index (χ4n) is 1.37. The van der Waals surface area contributed by atoms with Crippen LogP contribution in [0.1, 0.15) is 12.5 Å². The highest BCUT2D eigenvalue weighted by atomic mass is 79.9. The molecule has 1 rings (SSSR count). The molecule has 6 nitrogen and oxygen atoms in total. The summed E-state index contributed by atoms with van der Waals surface area (Å²) in [5.41, 5.74) is 0.381. The first kappa shape index (κ1) is 14.4. The number of carbonyl (C=O) groups excluding carboxylic acids is 1. The van der Waals surface area contributed by atoms with Gasteiger partial charge in [-0.15, -0.1) is 0 Å². The number of nitro groups is 1. The molecule has 0 atom stereocenters. The number of halogens is 1. The lowest BCUT2D eigenvalue weighted by Gasteiger charge is -2.09. The summed E-state index contributed by atoms with van der Waals surface area (Å²) in [5.74, 6) is -0.481. The first-order valence-corrected chi connectivity index (χ1v) is 5.98.